The first-order chi connectivity index (χ1) is 11.7. The zero-order valence-corrected chi connectivity index (χ0v) is 14.0. The Kier molecular flexibility index (Phi) is 4.61. The van der Waals surface area contributed by atoms with Crippen molar-refractivity contribution in [3.05, 3.63) is 66.5 Å². The number of nitrogens with zero attached hydrogens (tertiary/aromatic N) is 3. The number of aromatic nitrogens is 2. The van der Waals surface area contributed by atoms with Crippen molar-refractivity contribution in [2.75, 3.05) is 24.4 Å². The highest BCUT2D eigenvalue weighted by Crippen LogP contribution is 2.29. The molecule has 5 nitrogen and oxygen atoms in total. The van der Waals surface area contributed by atoms with Gasteiger partial charge in [-0.2, -0.15) is 0 Å². The highest BCUT2D eigenvalue weighted by atomic mass is 16.5. The molecule has 2 aromatic carbocycles. The van der Waals surface area contributed by atoms with Gasteiger partial charge in [0.1, 0.15) is 23.7 Å². The van der Waals surface area contributed by atoms with E-state index in [1.807, 2.05) is 73.5 Å². The monoisotopic (exact) mass is 320 g/mol. The van der Waals surface area contributed by atoms with Crippen LogP contribution < -0.4 is 15.0 Å². The molecule has 0 spiro atoms. The Morgan fingerprint density at radius 1 is 1.00 bits per heavy atom. The minimum atomic E-state index is 0.715. The summed E-state index contributed by atoms with van der Waals surface area (Å²) in [5, 5.41) is 3.31. The molecule has 122 valence electrons. The number of aryl methyl sites for hydroxylation is 1. The Morgan fingerprint density at radius 2 is 1.79 bits per heavy atom. The van der Waals surface area contributed by atoms with E-state index >= 15 is 0 Å². The van der Waals surface area contributed by atoms with E-state index in [0.29, 0.717) is 5.82 Å². The first-order valence-corrected chi connectivity index (χ1v) is 7.70. The van der Waals surface area contributed by atoms with Crippen LogP contribution in [0.4, 0.5) is 23.0 Å². The van der Waals surface area contributed by atoms with Crippen LogP contribution in [0.3, 0.4) is 0 Å². The largest absolute Gasteiger partial charge is 0.495 e. The van der Waals surface area contributed by atoms with Gasteiger partial charge < -0.3 is 15.0 Å². The second-order valence-corrected chi connectivity index (χ2v) is 5.48. The lowest BCUT2D eigenvalue weighted by Gasteiger charge is -2.19. The molecule has 5 heteroatoms. The third-order valence-corrected chi connectivity index (χ3v) is 3.76. The fourth-order valence-electron chi connectivity index (χ4n) is 2.44. The van der Waals surface area contributed by atoms with Crippen molar-refractivity contribution in [3.63, 3.8) is 0 Å². The molecule has 0 amide bonds. The maximum atomic E-state index is 5.40. The molecule has 0 aliphatic rings. The second kappa shape index (κ2) is 7.00. The molecule has 0 saturated heterocycles. The van der Waals surface area contributed by atoms with E-state index in [9.17, 15) is 0 Å². The van der Waals surface area contributed by atoms with Crippen LogP contribution in [0.1, 0.15) is 5.56 Å². The number of nitrogens with one attached hydrogen (secondary N) is 1. The van der Waals surface area contributed by atoms with Crippen molar-refractivity contribution < 1.29 is 4.74 Å². The predicted octanol–water partition coefficient (Wildman–Crippen LogP) is 4.31. The van der Waals surface area contributed by atoms with E-state index in [-0.39, 0.29) is 0 Å². The molecule has 1 heterocycles. The Bertz CT molecular complexity index is 821. The number of rotatable bonds is 5. The van der Waals surface area contributed by atoms with Crippen molar-refractivity contribution in [1.29, 1.82) is 0 Å². The van der Waals surface area contributed by atoms with E-state index in [1.54, 1.807) is 13.4 Å². The highest BCUT2D eigenvalue weighted by Gasteiger charge is 2.09. The van der Waals surface area contributed by atoms with Gasteiger partial charge >= 0.3 is 0 Å². The summed E-state index contributed by atoms with van der Waals surface area (Å²) >= 11 is 0. The molecule has 0 atom stereocenters. The number of hydrogen-bond donors (Lipinski definition) is 1. The van der Waals surface area contributed by atoms with Gasteiger partial charge in [0.15, 0.2) is 0 Å². The average Bonchev–Trinajstić information content (AvgIpc) is 2.62. The Morgan fingerprint density at radius 3 is 2.54 bits per heavy atom. The van der Waals surface area contributed by atoms with Gasteiger partial charge in [0.05, 0.1) is 12.8 Å². The van der Waals surface area contributed by atoms with Gasteiger partial charge in [0.25, 0.3) is 0 Å². The van der Waals surface area contributed by atoms with Crippen LogP contribution in [-0.4, -0.2) is 24.1 Å². The van der Waals surface area contributed by atoms with Crippen molar-refractivity contribution in [3.8, 4) is 5.75 Å². The van der Waals surface area contributed by atoms with Gasteiger partial charge in [-0.05, 0) is 36.8 Å². The van der Waals surface area contributed by atoms with E-state index in [1.165, 1.54) is 0 Å². The molecule has 0 bridgehead atoms. The van der Waals surface area contributed by atoms with Gasteiger partial charge in [0, 0.05) is 18.8 Å². The Hall–Kier alpha value is -3.08. The summed E-state index contributed by atoms with van der Waals surface area (Å²) < 4.78 is 5.40. The number of ether oxygens (including phenoxy) is 1. The molecule has 3 aromatic rings. The van der Waals surface area contributed by atoms with Crippen molar-refractivity contribution in [2.45, 2.75) is 6.92 Å². The van der Waals surface area contributed by atoms with Gasteiger partial charge in [-0.1, -0.05) is 24.3 Å². The van der Waals surface area contributed by atoms with E-state index in [4.69, 9.17) is 4.74 Å². The molecule has 0 radical (unpaired) electrons. The lowest BCUT2D eigenvalue weighted by molar-refractivity contribution is 0.416. The third-order valence-electron chi connectivity index (χ3n) is 3.76. The van der Waals surface area contributed by atoms with Gasteiger partial charge in [-0.25, -0.2) is 9.97 Å². The maximum Gasteiger partial charge on any atom is 0.142 e. The van der Waals surface area contributed by atoms with Gasteiger partial charge in [-0.3, -0.25) is 0 Å². The highest BCUT2D eigenvalue weighted by molar-refractivity contribution is 5.68. The minimum Gasteiger partial charge on any atom is -0.495 e. The molecular formula is C19H20N4O. The van der Waals surface area contributed by atoms with Crippen molar-refractivity contribution in [2.24, 2.45) is 0 Å². The number of methoxy groups -OCH3 is 1. The molecule has 3 rings (SSSR count). The molecule has 1 N–H and O–H groups in total. The smallest absolute Gasteiger partial charge is 0.142 e. The van der Waals surface area contributed by atoms with Gasteiger partial charge in [-0.15, -0.1) is 0 Å². The Labute approximate surface area is 142 Å². The summed E-state index contributed by atoms with van der Waals surface area (Å²) in [7, 11) is 3.64. The average molecular weight is 320 g/mol. The summed E-state index contributed by atoms with van der Waals surface area (Å²) in [6.07, 6.45) is 1.55. The van der Waals surface area contributed by atoms with E-state index < -0.39 is 0 Å². The van der Waals surface area contributed by atoms with Gasteiger partial charge in [0.2, 0.25) is 0 Å². The topological polar surface area (TPSA) is 50.3 Å². The van der Waals surface area contributed by atoms with Crippen LogP contribution in [0.5, 0.6) is 5.75 Å². The predicted molar refractivity (Wildman–Crippen MR) is 97.6 cm³/mol. The minimum absolute atomic E-state index is 0.715. The lowest BCUT2D eigenvalue weighted by atomic mass is 10.2. The first kappa shape index (κ1) is 15.8. The van der Waals surface area contributed by atoms with Crippen LogP contribution in [-0.2, 0) is 0 Å². The standard InChI is InChI=1S/C19H20N4O/c1-14-9-10-17(24-3)16(11-14)22-18-12-19(21-13-20-18)23(2)15-7-5-4-6-8-15/h4-13H,1-3H3,(H,20,21,22). The first-order valence-electron chi connectivity index (χ1n) is 7.70. The zero-order chi connectivity index (χ0) is 16.9. The number of anilines is 4. The SMILES string of the molecule is COc1ccc(C)cc1Nc1cc(N(C)c2ccccc2)ncn1. The van der Waals surface area contributed by atoms with Crippen LogP contribution in [0.2, 0.25) is 0 Å². The number of benzene rings is 2. The second-order valence-electron chi connectivity index (χ2n) is 5.48. The fourth-order valence-corrected chi connectivity index (χ4v) is 2.44. The van der Waals surface area contributed by atoms with Crippen LogP contribution in [0.25, 0.3) is 0 Å². The molecule has 0 fully saturated rings. The summed E-state index contributed by atoms with van der Waals surface area (Å²) in [5.74, 6) is 2.30. The summed E-state index contributed by atoms with van der Waals surface area (Å²) in [6, 6.07) is 18.0. The zero-order valence-electron chi connectivity index (χ0n) is 14.0. The van der Waals surface area contributed by atoms with Crippen LogP contribution in [0.15, 0.2) is 60.9 Å². The van der Waals surface area contributed by atoms with Crippen molar-refractivity contribution in [1.82, 2.24) is 9.97 Å². The molecule has 0 aliphatic carbocycles. The summed E-state index contributed by atoms with van der Waals surface area (Å²) in [4.78, 5) is 10.7. The Balaban J connectivity index is 1.87. The molecule has 1 aromatic heterocycles. The molecule has 0 aliphatic heterocycles. The lowest BCUT2D eigenvalue weighted by Crippen LogP contribution is -2.11. The molecule has 0 saturated carbocycles. The summed E-state index contributed by atoms with van der Waals surface area (Å²) in [6.45, 7) is 2.04. The van der Waals surface area contributed by atoms with Crippen molar-refractivity contribution >= 4 is 23.0 Å². The molecule has 0 unspecified atom stereocenters. The number of para-hydroxylation sites is 1. The van der Waals surface area contributed by atoms with Crippen LogP contribution in [0, 0.1) is 6.92 Å². The normalized spacial score (nSPS) is 10.3. The fraction of sp³-hybridized carbons (Fsp3) is 0.158. The van der Waals surface area contributed by atoms with Crippen LogP contribution >= 0.6 is 0 Å². The number of hydrogen-bond acceptors (Lipinski definition) is 5. The molecule has 24 heavy (non-hydrogen) atoms. The quantitative estimate of drug-likeness (QED) is 0.759. The third kappa shape index (κ3) is 3.46. The maximum absolute atomic E-state index is 5.40. The molecular weight excluding hydrogens is 300 g/mol. The summed E-state index contributed by atoms with van der Waals surface area (Å²) in [5.41, 5.74) is 3.09. The van der Waals surface area contributed by atoms with E-state index in [2.05, 4.69) is 15.3 Å². The van der Waals surface area contributed by atoms with E-state index in [0.717, 1.165) is 28.5 Å².